The molecule has 0 unspecified atom stereocenters. The lowest BCUT2D eigenvalue weighted by Gasteiger charge is -2.06. The van der Waals surface area contributed by atoms with E-state index in [0.29, 0.717) is 12.3 Å². The van der Waals surface area contributed by atoms with E-state index in [-0.39, 0.29) is 0 Å². The molecule has 0 saturated carbocycles. The maximum absolute atomic E-state index is 4.67. The fourth-order valence-corrected chi connectivity index (χ4v) is 2.82. The Morgan fingerprint density at radius 1 is 1.24 bits per heavy atom. The Morgan fingerprint density at radius 3 is 2.76 bits per heavy atom. The monoisotopic (exact) mass is 298 g/mol. The first-order chi connectivity index (χ1) is 10.3. The maximum atomic E-state index is 4.67. The number of nitrogens with zero attached hydrogens (tertiary/aromatic N) is 6. The Kier molecular flexibility index (Phi) is 3.92. The van der Waals surface area contributed by atoms with Crippen molar-refractivity contribution in [3.8, 4) is 0 Å². The van der Waals surface area contributed by atoms with Gasteiger partial charge in [-0.3, -0.25) is 0 Å². The van der Waals surface area contributed by atoms with E-state index in [0.717, 1.165) is 27.6 Å². The first-order valence-electron chi connectivity index (χ1n) is 6.50. The van der Waals surface area contributed by atoms with Gasteiger partial charge in [0.25, 0.3) is 0 Å². The number of allylic oxidation sites excluding steroid dienone is 1. The molecule has 0 N–H and O–H groups in total. The van der Waals surface area contributed by atoms with Crippen molar-refractivity contribution in [2.24, 2.45) is 0 Å². The van der Waals surface area contributed by atoms with Gasteiger partial charge in [0, 0.05) is 5.75 Å². The predicted molar refractivity (Wildman–Crippen MR) is 81.9 cm³/mol. The number of aromatic nitrogens is 6. The highest BCUT2D eigenvalue weighted by atomic mass is 32.2. The van der Waals surface area contributed by atoms with Gasteiger partial charge in [0.2, 0.25) is 5.16 Å². The molecule has 0 saturated heterocycles. The summed E-state index contributed by atoms with van der Waals surface area (Å²) < 4.78 is 1.71. The van der Waals surface area contributed by atoms with Crippen LogP contribution in [-0.2, 0) is 12.3 Å². The molecule has 7 heteroatoms. The van der Waals surface area contributed by atoms with Crippen molar-refractivity contribution in [2.45, 2.75) is 24.4 Å². The summed E-state index contributed by atoms with van der Waals surface area (Å²) in [6.45, 7) is 6.26. The second kappa shape index (κ2) is 6.01. The summed E-state index contributed by atoms with van der Waals surface area (Å²) in [7, 11) is 0. The minimum Gasteiger partial charge on any atom is -0.250 e. The highest BCUT2D eigenvalue weighted by Gasteiger charge is 2.09. The highest BCUT2D eigenvalue weighted by molar-refractivity contribution is 7.98. The molecule has 21 heavy (non-hydrogen) atoms. The molecule has 106 valence electrons. The average Bonchev–Trinajstić information content (AvgIpc) is 2.93. The molecular weight excluding hydrogens is 284 g/mol. The molecule has 0 bridgehead atoms. The third kappa shape index (κ3) is 2.92. The van der Waals surface area contributed by atoms with Gasteiger partial charge in [0.15, 0.2) is 0 Å². The van der Waals surface area contributed by atoms with Gasteiger partial charge >= 0.3 is 0 Å². The van der Waals surface area contributed by atoms with Gasteiger partial charge < -0.3 is 0 Å². The van der Waals surface area contributed by atoms with Crippen molar-refractivity contribution in [1.29, 1.82) is 0 Å². The van der Waals surface area contributed by atoms with Crippen LogP contribution in [-0.4, -0.2) is 30.2 Å². The molecule has 2 heterocycles. The van der Waals surface area contributed by atoms with Gasteiger partial charge in [-0.1, -0.05) is 30.0 Å². The summed E-state index contributed by atoms with van der Waals surface area (Å²) in [6.07, 6.45) is 1.77. The summed E-state index contributed by atoms with van der Waals surface area (Å²) in [4.78, 5) is 9.25. The Labute approximate surface area is 126 Å². The zero-order chi connectivity index (χ0) is 14.7. The van der Waals surface area contributed by atoms with Crippen LogP contribution in [0.2, 0.25) is 0 Å². The van der Waals surface area contributed by atoms with E-state index in [2.05, 4.69) is 32.1 Å². The van der Waals surface area contributed by atoms with E-state index >= 15 is 0 Å². The summed E-state index contributed by atoms with van der Waals surface area (Å²) in [5, 5.41) is 12.4. The number of hydrogen-bond donors (Lipinski definition) is 0. The van der Waals surface area contributed by atoms with Gasteiger partial charge in [-0.2, -0.15) is 0 Å². The summed E-state index contributed by atoms with van der Waals surface area (Å²) >= 11 is 1.55. The van der Waals surface area contributed by atoms with E-state index < -0.39 is 0 Å². The van der Waals surface area contributed by atoms with Crippen LogP contribution in [0.25, 0.3) is 11.0 Å². The number of hydrogen-bond acceptors (Lipinski definition) is 6. The lowest BCUT2D eigenvalue weighted by atomic mass is 10.2. The number of rotatable bonds is 5. The van der Waals surface area contributed by atoms with Crippen LogP contribution < -0.4 is 0 Å². The summed E-state index contributed by atoms with van der Waals surface area (Å²) in [5.74, 6) is 0.682. The highest BCUT2D eigenvalue weighted by Crippen LogP contribution is 2.21. The number of thioether (sulfide) groups is 1. The number of tetrazole rings is 1. The zero-order valence-corrected chi connectivity index (χ0v) is 12.4. The van der Waals surface area contributed by atoms with Gasteiger partial charge in [-0.05, 0) is 29.5 Å². The largest absolute Gasteiger partial charge is 0.250 e. The third-order valence-electron chi connectivity index (χ3n) is 2.98. The number of aryl methyl sites for hydroxylation is 1. The fourth-order valence-electron chi connectivity index (χ4n) is 1.93. The Hall–Kier alpha value is -2.28. The fraction of sp³-hybridized carbons (Fsp3) is 0.214. The first kappa shape index (κ1) is 13.7. The van der Waals surface area contributed by atoms with Crippen LogP contribution in [0.15, 0.2) is 42.1 Å². The number of para-hydroxylation sites is 2. The normalized spacial score (nSPS) is 10.9. The van der Waals surface area contributed by atoms with Crippen LogP contribution in [0.1, 0.15) is 11.4 Å². The average molecular weight is 298 g/mol. The molecule has 3 aromatic rings. The van der Waals surface area contributed by atoms with Crippen molar-refractivity contribution in [3.63, 3.8) is 0 Å². The van der Waals surface area contributed by atoms with Crippen molar-refractivity contribution in [1.82, 2.24) is 30.2 Å². The smallest absolute Gasteiger partial charge is 0.209 e. The van der Waals surface area contributed by atoms with Gasteiger partial charge in [0.1, 0.15) is 0 Å². The van der Waals surface area contributed by atoms with Crippen LogP contribution >= 0.6 is 11.8 Å². The van der Waals surface area contributed by atoms with Crippen molar-refractivity contribution >= 4 is 22.8 Å². The second-order valence-electron chi connectivity index (χ2n) is 4.47. The molecule has 0 fully saturated rings. The molecule has 6 nitrogen and oxygen atoms in total. The topological polar surface area (TPSA) is 69.4 Å². The number of benzene rings is 1. The van der Waals surface area contributed by atoms with E-state index in [9.17, 15) is 0 Å². The lowest BCUT2D eigenvalue weighted by molar-refractivity contribution is 0.614. The first-order valence-corrected chi connectivity index (χ1v) is 7.48. The molecule has 0 amide bonds. The molecule has 0 radical (unpaired) electrons. The Bertz CT molecular complexity index is 782. The molecular formula is C14H14N6S. The van der Waals surface area contributed by atoms with E-state index in [1.807, 2.05) is 31.2 Å². The predicted octanol–water partition coefficient (Wildman–Crippen LogP) is 2.40. The third-order valence-corrected chi connectivity index (χ3v) is 3.95. The quantitative estimate of drug-likeness (QED) is 0.532. The number of fused-ring (bicyclic) bond motifs is 1. The lowest BCUT2D eigenvalue weighted by Crippen LogP contribution is -2.01. The molecule has 0 aliphatic heterocycles. The van der Waals surface area contributed by atoms with Crippen molar-refractivity contribution < 1.29 is 0 Å². The van der Waals surface area contributed by atoms with E-state index in [1.54, 1.807) is 22.5 Å². The van der Waals surface area contributed by atoms with E-state index in [4.69, 9.17) is 0 Å². The van der Waals surface area contributed by atoms with E-state index in [1.165, 1.54) is 0 Å². The van der Waals surface area contributed by atoms with Crippen LogP contribution in [0.3, 0.4) is 0 Å². The van der Waals surface area contributed by atoms with Crippen LogP contribution in [0.4, 0.5) is 0 Å². The second-order valence-corrected chi connectivity index (χ2v) is 5.41. The zero-order valence-electron chi connectivity index (χ0n) is 11.6. The molecule has 1 aromatic carbocycles. The van der Waals surface area contributed by atoms with Gasteiger partial charge in [-0.15, -0.1) is 11.7 Å². The molecule has 0 spiro atoms. The van der Waals surface area contributed by atoms with Crippen LogP contribution in [0.5, 0.6) is 0 Å². The standard InChI is InChI=1S/C14H14N6S/c1-3-8-20-14(17-18-19-20)21-9-13-10(2)15-11-6-4-5-7-12(11)16-13/h3-7H,1,8-9H2,2H3. The SMILES string of the molecule is C=CCn1nnnc1SCc1nc2ccccc2nc1C. The Morgan fingerprint density at radius 2 is 2.00 bits per heavy atom. The summed E-state index contributed by atoms with van der Waals surface area (Å²) in [5.41, 5.74) is 3.71. The van der Waals surface area contributed by atoms with Crippen molar-refractivity contribution in [3.05, 3.63) is 48.3 Å². The van der Waals surface area contributed by atoms with Crippen LogP contribution in [0, 0.1) is 6.92 Å². The molecule has 0 aliphatic rings. The summed E-state index contributed by atoms with van der Waals surface area (Å²) in [6, 6.07) is 7.87. The molecule has 0 aliphatic carbocycles. The molecule has 2 aromatic heterocycles. The van der Waals surface area contributed by atoms with Crippen molar-refractivity contribution in [2.75, 3.05) is 0 Å². The minimum absolute atomic E-state index is 0.595. The minimum atomic E-state index is 0.595. The maximum Gasteiger partial charge on any atom is 0.209 e. The molecule has 0 atom stereocenters. The Balaban J connectivity index is 1.83. The van der Waals surface area contributed by atoms with Gasteiger partial charge in [-0.25, -0.2) is 14.6 Å². The van der Waals surface area contributed by atoms with Gasteiger partial charge in [0.05, 0.1) is 29.0 Å². The molecule has 3 rings (SSSR count).